The van der Waals surface area contributed by atoms with Gasteiger partial charge in [0.15, 0.2) is 0 Å². The number of amides is 1. The van der Waals surface area contributed by atoms with Crippen molar-refractivity contribution in [1.82, 2.24) is 10.3 Å². The molecule has 2 N–H and O–H groups in total. The van der Waals surface area contributed by atoms with Gasteiger partial charge >= 0.3 is 0 Å². The summed E-state index contributed by atoms with van der Waals surface area (Å²) in [5.41, 5.74) is 0.268. The number of carbonyl (C=O) groups excluding carboxylic acids is 1. The van der Waals surface area contributed by atoms with Crippen LogP contribution in [0.2, 0.25) is 0 Å². The van der Waals surface area contributed by atoms with E-state index in [1.54, 1.807) is 7.11 Å². The molecule has 1 fully saturated rings. The van der Waals surface area contributed by atoms with Crippen molar-refractivity contribution in [2.45, 2.75) is 25.3 Å². The lowest BCUT2D eigenvalue weighted by molar-refractivity contribution is 0.0899. The van der Waals surface area contributed by atoms with Crippen LogP contribution in [0.3, 0.4) is 0 Å². The van der Waals surface area contributed by atoms with E-state index in [0.29, 0.717) is 17.5 Å². The highest BCUT2D eigenvalue weighted by Crippen LogP contribution is 2.26. The predicted octanol–water partition coefficient (Wildman–Crippen LogP) is 2.21. The summed E-state index contributed by atoms with van der Waals surface area (Å²) in [5.74, 6) is -0.523. The molecule has 1 heterocycles. The molecule has 2 atom stereocenters. The molecular formula is C17H19FN2O3. The summed E-state index contributed by atoms with van der Waals surface area (Å²) < 4.78 is 18.7. The second-order valence-electron chi connectivity index (χ2n) is 5.96. The lowest BCUT2D eigenvalue weighted by Gasteiger charge is -2.20. The molecule has 0 unspecified atom stereocenters. The molecule has 6 heteroatoms. The molecule has 1 aromatic carbocycles. The van der Waals surface area contributed by atoms with Gasteiger partial charge < -0.3 is 15.0 Å². The Balaban J connectivity index is 1.91. The predicted molar refractivity (Wildman–Crippen MR) is 85.0 cm³/mol. The van der Waals surface area contributed by atoms with Crippen LogP contribution in [0.25, 0.3) is 10.9 Å². The van der Waals surface area contributed by atoms with E-state index in [2.05, 4.69) is 10.3 Å². The summed E-state index contributed by atoms with van der Waals surface area (Å²) in [6.07, 6.45) is 2.92. The minimum atomic E-state index is -0.447. The van der Waals surface area contributed by atoms with Crippen molar-refractivity contribution < 1.29 is 13.9 Å². The highest BCUT2D eigenvalue weighted by molar-refractivity contribution is 6.06. The van der Waals surface area contributed by atoms with Gasteiger partial charge in [0.25, 0.3) is 5.91 Å². The minimum absolute atomic E-state index is 0.0188. The Morgan fingerprint density at radius 3 is 3.00 bits per heavy atom. The third-order valence-corrected chi connectivity index (χ3v) is 4.41. The Kier molecular flexibility index (Phi) is 4.43. The van der Waals surface area contributed by atoms with Crippen molar-refractivity contribution in [3.8, 4) is 0 Å². The number of nitrogens with one attached hydrogen (secondary N) is 2. The number of pyridine rings is 1. The molecule has 0 spiro atoms. The lowest BCUT2D eigenvalue weighted by atomic mass is 10.0. The first kappa shape index (κ1) is 15.7. The summed E-state index contributed by atoms with van der Waals surface area (Å²) in [4.78, 5) is 27.0. The number of aromatic nitrogens is 1. The smallest absolute Gasteiger partial charge is 0.252 e. The van der Waals surface area contributed by atoms with Gasteiger partial charge in [-0.1, -0.05) is 6.42 Å². The Hall–Kier alpha value is -2.21. The Morgan fingerprint density at radius 1 is 1.39 bits per heavy atom. The average molecular weight is 318 g/mol. The number of H-pyrrole nitrogens is 1. The third kappa shape index (κ3) is 3.27. The first-order chi connectivity index (χ1) is 11.1. The van der Waals surface area contributed by atoms with Crippen molar-refractivity contribution >= 4 is 16.8 Å². The number of hydrogen-bond donors (Lipinski definition) is 2. The van der Waals surface area contributed by atoms with Crippen LogP contribution in [-0.4, -0.2) is 30.6 Å². The summed E-state index contributed by atoms with van der Waals surface area (Å²) >= 11 is 0. The molecule has 1 aliphatic rings. The summed E-state index contributed by atoms with van der Waals surface area (Å²) in [6.45, 7) is 0.593. The van der Waals surface area contributed by atoms with E-state index < -0.39 is 5.82 Å². The third-order valence-electron chi connectivity index (χ3n) is 4.41. The highest BCUT2D eigenvalue weighted by Gasteiger charge is 2.29. The number of ether oxygens (including phenoxy) is 1. The first-order valence-corrected chi connectivity index (χ1v) is 7.71. The molecule has 122 valence electrons. The maximum absolute atomic E-state index is 13.5. The molecule has 1 aromatic heterocycles. The van der Waals surface area contributed by atoms with Crippen LogP contribution < -0.4 is 10.9 Å². The van der Waals surface area contributed by atoms with E-state index in [9.17, 15) is 14.0 Å². The van der Waals surface area contributed by atoms with Crippen molar-refractivity contribution in [2.75, 3.05) is 13.7 Å². The number of carbonyl (C=O) groups is 1. The van der Waals surface area contributed by atoms with Crippen molar-refractivity contribution in [1.29, 1.82) is 0 Å². The lowest BCUT2D eigenvalue weighted by Crippen LogP contribution is -2.39. The van der Waals surface area contributed by atoms with Crippen molar-refractivity contribution in [3.05, 3.63) is 46.0 Å². The van der Waals surface area contributed by atoms with Crippen LogP contribution in [0.4, 0.5) is 4.39 Å². The summed E-state index contributed by atoms with van der Waals surface area (Å²) in [5, 5.41) is 3.38. The molecule has 1 amide bonds. The van der Waals surface area contributed by atoms with Gasteiger partial charge in [-0.05, 0) is 31.0 Å². The monoisotopic (exact) mass is 318 g/mol. The molecule has 1 aliphatic carbocycles. The van der Waals surface area contributed by atoms with Crippen LogP contribution in [-0.2, 0) is 4.74 Å². The highest BCUT2D eigenvalue weighted by atomic mass is 19.1. The maximum atomic E-state index is 13.5. The molecule has 3 rings (SSSR count). The molecule has 23 heavy (non-hydrogen) atoms. The van der Waals surface area contributed by atoms with Gasteiger partial charge in [-0.25, -0.2) is 4.39 Å². The van der Waals surface area contributed by atoms with Gasteiger partial charge in [0.05, 0.1) is 12.2 Å². The van der Waals surface area contributed by atoms with Gasteiger partial charge in [0.2, 0.25) is 5.56 Å². The van der Waals surface area contributed by atoms with E-state index >= 15 is 0 Å². The molecule has 0 aliphatic heterocycles. The number of methoxy groups -OCH3 is 1. The molecule has 5 nitrogen and oxygen atoms in total. The largest absolute Gasteiger partial charge is 0.384 e. The Morgan fingerprint density at radius 2 is 2.22 bits per heavy atom. The quantitative estimate of drug-likeness (QED) is 0.908. The number of halogens is 1. The van der Waals surface area contributed by atoms with E-state index in [-0.39, 0.29) is 29.0 Å². The Labute approximate surface area is 132 Å². The molecule has 1 saturated carbocycles. The zero-order chi connectivity index (χ0) is 16.4. The number of rotatable bonds is 4. The SMILES string of the molecule is COC[C@@H]1CCC[C@@H]1NC(=O)c1cc(=O)[nH]c2ccc(F)cc12. The van der Waals surface area contributed by atoms with Crippen LogP contribution >= 0.6 is 0 Å². The van der Waals surface area contributed by atoms with Crippen LogP contribution in [0.1, 0.15) is 29.6 Å². The zero-order valence-electron chi connectivity index (χ0n) is 12.9. The van der Waals surface area contributed by atoms with Crippen molar-refractivity contribution in [2.24, 2.45) is 5.92 Å². The topological polar surface area (TPSA) is 71.2 Å². The fourth-order valence-corrected chi connectivity index (χ4v) is 3.30. The number of fused-ring (bicyclic) bond motifs is 1. The van der Waals surface area contributed by atoms with E-state index in [1.165, 1.54) is 24.3 Å². The maximum Gasteiger partial charge on any atom is 0.252 e. The van der Waals surface area contributed by atoms with Crippen LogP contribution in [0, 0.1) is 11.7 Å². The zero-order valence-corrected chi connectivity index (χ0v) is 12.9. The standard InChI is InChI=1S/C17H19FN2O3/c1-23-9-10-3-2-4-14(10)20-17(22)13-8-16(21)19-15-6-5-11(18)7-12(13)15/h5-8,10,14H,2-4,9H2,1H3,(H,19,21)(H,20,22)/t10-,14-/m0/s1. The van der Waals surface area contributed by atoms with Crippen LogP contribution in [0.5, 0.6) is 0 Å². The normalized spacial score (nSPS) is 20.8. The van der Waals surface area contributed by atoms with Gasteiger partial charge in [0, 0.05) is 36.0 Å². The summed E-state index contributed by atoms with van der Waals surface area (Å²) in [6, 6.07) is 5.22. The number of hydrogen-bond acceptors (Lipinski definition) is 3. The van der Waals surface area contributed by atoms with Crippen LogP contribution in [0.15, 0.2) is 29.1 Å². The second kappa shape index (κ2) is 6.50. The van der Waals surface area contributed by atoms with Gasteiger partial charge in [-0.15, -0.1) is 0 Å². The van der Waals surface area contributed by atoms with Gasteiger partial charge in [0.1, 0.15) is 5.82 Å². The molecular weight excluding hydrogens is 299 g/mol. The fraction of sp³-hybridized carbons (Fsp3) is 0.412. The fourth-order valence-electron chi connectivity index (χ4n) is 3.30. The molecule has 0 saturated heterocycles. The number of benzene rings is 1. The molecule has 0 bridgehead atoms. The second-order valence-corrected chi connectivity index (χ2v) is 5.96. The Bertz CT molecular complexity index is 787. The van der Waals surface area contributed by atoms with E-state index in [1.807, 2.05) is 0 Å². The molecule has 0 radical (unpaired) electrons. The van der Waals surface area contributed by atoms with E-state index in [4.69, 9.17) is 4.74 Å². The number of aromatic amines is 1. The average Bonchev–Trinajstić information content (AvgIpc) is 2.94. The van der Waals surface area contributed by atoms with Gasteiger partial charge in [-0.3, -0.25) is 9.59 Å². The minimum Gasteiger partial charge on any atom is -0.384 e. The van der Waals surface area contributed by atoms with Crippen molar-refractivity contribution in [3.63, 3.8) is 0 Å². The van der Waals surface area contributed by atoms with E-state index in [0.717, 1.165) is 19.3 Å². The molecule has 2 aromatic rings. The van der Waals surface area contributed by atoms with Gasteiger partial charge in [-0.2, -0.15) is 0 Å². The first-order valence-electron chi connectivity index (χ1n) is 7.71. The summed E-state index contributed by atoms with van der Waals surface area (Å²) in [7, 11) is 1.64.